The van der Waals surface area contributed by atoms with E-state index in [0.717, 1.165) is 25.0 Å². The second-order valence-corrected chi connectivity index (χ2v) is 7.87. The fraction of sp³-hybridized carbons (Fsp3) is 0.538. The molecule has 1 unspecified atom stereocenters. The molecule has 0 spiro atoms. The molecule has 0 amide bonds. The fourth-order valence-electron chi connectivity index (χ4n) is 2.29. The molecule has 24 heavy (non-hydrogen) atoms. The molecule has 0 aromatic heterocycles. The zero-order valence-corrected chi connectivity index (χ0v) is 15.4. The van der Waals surface area contributed by atoms with Gasteiger partial charge >= 0.3 is 10.4 Å². The number of benzene rings is 1. The smallest absolute Gasteiger partial charge is 0.372 e. The molecular weight excluding hydrogens is 358 g/mol. The molecule has 11 heteroatoms. The van der Waals surface area contributed by atoms with E-state index in [4.69, 9.17) is 10.3 Å². The molecule has 138 valence electrons. The first-order valence-corrected chi connectivity index (χ1v) is 10.5. The predicted molar refractivity (Wildman–Crippen MR) is 91.1 cm³/mol. The molecular formula is C13H23N3O6S2. The summed E-state index contributed by atoms with van der Waals surface area (Å²) in [6, 6.07) is 5.75. The maximum Gasteiger partial charge on any atom is 0.414 e. The monoisotopic (exact) mass is 381 g/mol. The van der Waals surface area contributed by atoms with Gasteiger partial charge in [0.15, 0.2) is 0 Å². The maximum absolute atomic E-state index is 11.9. The minimum atomic E-state index is -5.02. The van der Waals surface area contributed by atoms with Crippen LogP contribution >= 0.6 is 0 Å². The van der Waals surface area contributed by atoms with Crippen LogP contribution in [0.4, 0.5) is 5.69 Å². The zero-order valence-electron chi connectivity index (χ0n) is 13.8. The Balaban J connectivity index is 3.34. The lowest BCUT2D eigenvalue weighted by Crippen LogP contribution is -2.39. The summed E-state index contributed by atoms with van der Waals surface area (Å²) >= 11 is 0. The highest BCUT2D eigenvalue weighted by molar-refractivity contribution is 7.89. The van der Waals surface area contributed by atoms with Crippen molar-refractivity contribution in [2.45, 2.75) is 19.9 Å². The molecule has 0 fully saturated rings. The summed E-state index contributed by atoms with van der Waals surface area (Å²) in [5.41, 5.74) is 6.91. The molecule has 1 rings (SSSR count). The van der Waals surface area contributed by atoms with Gasteiger partial charge in [-0.15, -0.1) is 4.28 Å². The van der Waals surface area contributed by atoms with Crippen LogP contribution in [0.1, 0.15) is 25.5 Å². The molecule has 0 saturated carbocycles. The SMILES string of the molecule is CCN(CC)c1cccc(C(CN)N(OS(=O)(=O)O)S(C)(=O)=O)c1. The first-order chi connectivity index (χ1) is 11.0. The predicted octanol–water partition coefficient (Wildman–Crippen LogP) is 0.529. The normalized spacial score (nSPS) is 13.9. The summed E-state index contributed by atoms with van der Waals surface area (Å²) in [4.78, 5) is 2.03. The lowest BCUT2D eigenvalue weighted by atomic mass is 10.1. The van der Waals surface area contributed by atoms with E-state index in [-0.39, 0.29) is 11.0 Å². The van der Waals surface area contributed by atoms with Gasteiger partial charge in [-0.2, -0.15) is 8.42 Å². The molecule has 1 aromatic rings. The lowest BCUT2D eigenvalue weighted by molar-refractivity contribution is -0.00612. The van der Waals surface area contributed by atoms with Gasteiger partial charge in [-0.05, 0) is 31.5 Å². The number of rotatable bonds is 9. The number of hydroxylamine groups is 1. The summed E-state index contributed by atoms with van der Waals surface area (Å²) in [6.07, 6.45) is 0.759. The number of hydrogen-bond donors (Lipinski definition) is 2. The molecule has 3 N–H and O–H groups in total. The van der Waals surface area contributed by atoms with Crippen LogP contribution in [-0.4, -0.2) is 51.7 Å². The van der Waals surface area contributed by atoms with E-state index in [9.17, 15) is 16.8 Å². The van der Waals surface area contributed by atoms with Gasteiger partial charge in [-0.25, -0.2) is 8.42 Å². The molecule has 0 heterocycles. The quantitative estimate of drug-likeness (QED) is 0.468. The molecule has 1 aromatic carbocycles. The van der Waals surface area contributed by atoms with Crippen LogP contribution in [0.2, 0.25) is 0 Å². The molecule has 0 aliphatic rings. The van der Waals surface area contributed by atoms with Gasteiger partial charge < -0.3 is 10.6 Å². The third kappa shape index (κ3) is 5.69. The van der Waals surface area contributed by atoms with Gasteiger partial charge in [0.2, 0.25) is 10.0 Å². The molecule has 0 aliphatic carbocycles. The standard InChI is InChI=1S/C13H23N3O6S2/c1-4-15(5-2)12-8-6-7-11(9-12)13(10-14)16(23(3,17)18)22-24(19,20)21/h6-9,13H,4-5,10,14H2,1-3H3,(H,19,20,21). The van der Waals surface area contributed by atoms with E-state index in [2.05, 4.69) is 4.28 Å². The number of nitrogens with zero attached hydrogens (tertiary/aromatic N) is 2. The maximum atomic E-state index is 11.9. The van der Waals surface area contributed by atoms with Gasteiger partial charge in [-0.1, -0.05) is 16.6 Å². The first kappa shape index (κ1) is 20.8. The average Bonchev–Trinajstić information content (AvgIpc) is 2.47. The largest absolute Gasteiger partial charge is 0.414 e. The Labute approximate surface area is 143 Å². The molecule has 0 bridgehead atoms. The highest BCUT2D eigenvalue weighted by atomic mass is 32.3. The summed E-state index contributed by atoms with van der Waals surface area (Å²) < 4.78 is 59.0. The van der Waals surface area contributed by atoms with Crippen LogP contribution in [-0.2, 0) is 24.7 Å². The third-order valence-corrected chi connectivity index (χ3v) is 4.78. The van der Waals surface area contributed by atoms with Gasteiger partial charge in [0, 0.05) is 25.3 Å². The van der Waals surface area contributed by atoms with Gasteiger partial charge in [0.25, 0.3) is 0 Å². The van der Waals surface area contributed by atoms with Crippen LogP contribution < -0.4 is 10.6 Å². The molecule has 0 aliphatic heterocycles. The second-order valence-electron chi connectivity index (χ2n) is 5.04. The molecule has 0 saturated heterocycles. The van der Waals surface area contributed by atoms with Crippen LogP contribution in [0.5, 0.6) is 0 Å². The van der Waals surface area contributed by atoms with Crippen LogP contribution in [0, 0.1) is 0 Å². The Kier molecular flexibility index (Phi) is 7.13. The number of nitrogens with two attached hydrogens (primary N) is 1. The average molecular weight is 381 g/mol. The van der Waals surface area contributed by atoms with E-state index < -0.39 is 26.5 Å². The Hall–Kier alpha value is -1.24. The number of hydrogen-bond acceptors (Lipinski definition) is 7. The van der Waals surface area contributed by atoms with E-state index in [1.54, 1.807) is 18.2 Å². The van der Waals surface area contributed by atoms with Crippen molar-refractivity contribution in [1.29, 1.82) is 0 Å². The van der Waals surface area contributed by atoms with Crippen molar-refractivity contribution in [1.82, 2.24) is 4.47 Å². The molecule has 1 atom stereocenters. The van der Waals surface area contributed by atoms with Crippen LogP contribution in [0.15, 0.2) is 24.3 Å². The topological polar surface area (TPSA) is 130 Å². The van der Waals surface area contributed by atoms with Gasteiger partial charge in [-0.3, -0.25) is 4.55 Å². The van der Waals surface area contributed by atoms with E-state index >= 15 is 0 Å². The Morgan fingerprint density at radius 3 is 2.21 bits per heavy atom. The van der Waals surface area contributed by atoms with Gasteiger partial charge in [0.1, 0.15) is 0 Å². The summed E-state index contributed by atoms with van der Waals surface area (Å²) in [7, 11) is -9.15. The van der Waals surface area contributed by atoms with Crippen LogP contribution in [0.25, 0.3) is 0 Å². The lowest BCUT2D eigenvalue weighted by Gasteiger charge is -2.28. The Morgan fingerprint density at radius 2 is 1.79 bits per heavy atom. The number of sulfonamides is 1. The summed E-state index contributed by atoms with van der Waals surface area (Å²) in [5, 5.41) is 0. The van der Waals surface area contributed by atoms with Crippen molar-refractivity contribution < 1.29 is 25.7 Å². The minimum Gasteiger partial charge on any atom is -0.372 e. The molecule has 9 nitrogen and oxygen atoms in total. The van der Waals surface area contributed by atoms with Gasteiger partial charge in [0.05, 0.1) is 12.3 Å². The van der Waals surface area contributed by atoms with Crippen molar-refractivity contribution in [3.8, 4) is 0 Å². The highest BCUT2D eigenvalue weighted by Crippen LogP contribution is 2.27. The second kappa shape index (κ2) is 8.23. The summed E-state index contributed by atoms with van der Waals surface area (Å²) in [6.45, 7) is 5.18. The highest BCUT2D eigenvalue weighted by Gasteiger charge is 2.33. The van der Waals surface area contributed by atoms with Crippen molar-refractivity contribution in [2.24, 2.45) is 5.73 Å². The van der Waals surface area contributed by atoms with Crippen molar-refractivity contribution >= 4 is 26.1 Å². The minimum absolute atomic E-state index is 0.198. The van der Waals surface area contributed by atoms with E-state index in [1.807, 2.05) is 24.8 Å². The van der Waals surface area contributed by atoms with Crippen LogP contribution in [0.3, 0.4) is 0 Å². The zero-order chi connectivity index (χ0) is 18.5. The first-order valence-electron chi connectivity index (χ1n) is 7.24. The molecule has 0 radical (unpaired) electrons. The number of anilines is 1. The van der Waals surface area contributed by atoms with Crippen molar-refractivity contribution in [3.63, 3.8) is 0 Å². The Bertz CT molecular complexity index is 747. The van der Waals surface area contributed by atoms with Crippen molar-refractivity contribution in [3.05, 3.63) is 29.8 Å². The third-order valence-electron chi connectivity index (χ3n) is 3.36. The van der Waals surface area contributed by atoms with Crippen molar-refractivity contribution in [2.75, 3.05) is 30.8 Å². The van der Waals surface area contributed by atoms with E-state index in [1.165, 1.54) is 0 Å². The summed E-state index contributed by atoms with van der Waals surface area (Å²) in [5.74, 6) is 0. The fourth-order valence-corrected chi connectivity index (χ4v) is 3.93. The van der Waals surface area contributed by atoms with E-state index in [0.29, 0.717) is 5.56 Å². The Morgan fingerprint density at radius 1 is 1.21 bits per heavy atom.